The Labute approximate surface area is 83.1 Å². The van der Waals surface area contributed by atoms with Crippen LogP contribution in [0, 0.1) is 0 Å². The van der Waals surface area contributed by atoms with Crippen LogP contribution in [0.2, 0.25) is 0 Å². The van der Waals surface area contributed by atoms with E-state index in [1.807, 2.05) is 0 Å². The van der Waals surface area contributed by atoms with Gasteiger partial charge in [-0.1, -0.05) is 0 Å². The number of hydrogen-bond acceptors (Lipinski definition) is 3. The Morgan fingerprint density at radius 3 is 3.08 bits per heavy atom. The van der Waals surface area contributed by atoms with Crippen LogP contribution in [0.4, 0.5) is 0 Å². The van der Waals surface area contributed by atoms with E-state index in [1.54, 1.807) is 11.3 Å². The molecule has 2 rings (SSSR count). The standard InChI is InChI=1S/C10H16N2S/c1-7-10(11)4-9(5-12-7)8-2-3-13-6-8/h2-3,6-7,9-10,12H,4-5,11H2,1H3. The predicted octanol–water partition coefficient (Wildman–Crippen LogP) is 1.54. The van der Waals surface area contributed by atoms with E-state index in [0.717, 1.165) is 13.0 Å². The summed E-state index contributed by atoms with van der Waals surface area (Å²) in [6.07, 6.45) is 1.12. The SMILES string of the molecule is CC1NCC(c2ccsc2)CC1N. The highest BCUT2D eigenvalue weighted by atomic mass is 32.1. The average molecular weight is 196 g/mol. The van der Waals surface area contributed by atoms with Gasteiger partial charge in [0.25, 0.3) is 0 Å². The maximum absolute atomic E-state index is 6.02. The lowest BCUT2D eigenvalue weighted by Crippen LogP contribution is -2.50. The van der Waals surface area contributed by atoms with Gasteiger partial charge < -0.3 is 11.1 Å². The fourth-order valence-corrected chi connectivity index (χ4v) is 2.60. The summed E-state index contributed by atoms with van der Waals surface area (Å²) in [4.78, 5) is 0. The third kappa shape index (κ3) is 1.93. The maximum Gasteiger partial charge on any atom is 0.0198 e. The van der Waals surface area contributed by atoms with Gasteiger partial charge in [-0.2, -0.15) is 11.3 Å². The molecule has 2 heterocycles. The van der Waals surface area contributed by atoms with Crippen LogP contribution in [-0.2, 0) is 0 Å². The molecule has 0 spiro atoms. The molecule has 3 heteroatoms. The molecule has 0 aliphatic carbocycles. The number of nitrogens with one attached hydrogen (secondary N) is 1. The molecule has 1 fully saturated rings. The second kappa shape index (κ2) is 3.78. The molecule has 0 radical (unpaired) electrons. The summed E-state index contributed by atoms with van der Waals surface area (Å²) in [5.41, 5.74) is 7.46. The van der Waals surface area contributed by atoms with Gasteiger partial charge in [-0.05, 0) is 41.7 Å². The summed E-state index contributed by atoms with van der Waals surface area (Å²) in [6.45, 7) is 3.24. The largest absolute Gasteiger partial charge is 0.326 e. The smallest absolute Gasteiger partial charge is 0.0198 e. The molecular formula is C10H16N2S. The first-order valence-electron chi connectivity index (χ1n) is 4.78. The Bertz CT molecular complexity index is 258. The summed E-state index contributed by atoms with van der Waals surface area (Å²) in [5.74, 6) is 0.623. The first-order chi connectivity index (χ1) is 6.27. The van der Waals surface area contributed by atoms with Crippen LogP contribution in [0.25, 0.3) is 0 Å². The van der Waals surface area contributed by atoms with E-state index in [4.69, 9.17) is 5.73 Å². The molecule has 2 nitrogen and oxygen atoms in total. The molecule has 0 bridgehead atoms. The van der Waals surface area contributed by atoms with Gasteiger partial charge in [0.1, 0.15) is 0 Å². The maximum atomic E-state index is 6.02. The number of thiophene rings is 1. The number of piperidine rings is 1. The third-order valence-electron chi connectivity index (χ3n) is 2.90. The van der Waals surface area contributed by atoms with Crippen molar-refractivity contribution in [3.63, 3.8) is 0 Å². The Morgan fingerprint density at radius 2 is 2.46 bits per heavy atom. The molecule has 0 amide bonds. The van der Waals surface area contributed by atoms with Crippen molar-refractivity contribution in [1.82, 2.24) is 5.32 Å². The highest BCUT2D eigenvalue weighted by Gasteiger charge is 2.25. The van der Waals surface area contributed by atoms with E-state index in [0.29, 0.717) is 18.0 Å². The van der Waals surface area contributed by atoms with Crippen molar-refractivity contribution in [2.45, 2.75) is 31.3 Å². The van der Waals surface area contributed by atoms with E-state index < -0.39 is 0 Å². The Balaban J connectivity index is 2.03. The minimum absolute atomic E-state index is 0.304. The minimum atomic E-state index is 0.304. The lowest BCUT2D eigenvalue weighted by atomic mass is 9.88. The van der Waals surface area contributed by atoms with Gasteiger partial charge in [0.2, 0.25) is 0 Å². The first kappa shape index (κ1) is 9.19. The molecule has 0 saturated carbocycles. The third-order valence-corrected chi connectivity index (χ3v) is 3.60. The van der Waals surface area contributed by atoms with Gasteiger partial charge in [0, 0.05) is 18.6 Å². The summed E-state index contributed by atoms with van der Waals surface area (Å²) in [6, 6.07) is 2.98. The molecule has 3 atom stereocenters. The zero-order chi connectivity index (χ0) is 9.26. The molecular weight excluding hydrogens is 180 g/mol. The topological polar surface area (TPSA) is 38.0 Å². The van der Waals surface area contributed by atoms with Crippen LogP contribution >= 0.6 is 11.3 Å². The Hall–Kier alpha value is -0.380. The van der Waals surface area contributed by atoms with Gasteiger partial charge in [-0.25, -0.2) is 0 Å². The predicted molar refractivity (Wildman–Crippen MR) is 57.1 cm³/mol. The lowest BCUT2D eigenvalue weighted by Gasteiger charge is -2.32. The van der Waals surface area contributed by atoms with Crippen LogP contribution in [0.15, 0.2) is 16.8 Å². The molecule has 1 aromatic heterocycles. The second-order valence-electron chi connectivity index (χ2n) is 3.85. The lowest BCUT2D eigenvalue weighted by molar-refractivity contribution is 0.338. The normalized spacial score (nSPS) is 34.8. The fraction of sp³-hybridized carbons (Fsp3) is 0.600. The Kier molecular flexibility index (Phi) is 2.67. The van der Waals surface area contributed by atoms with Crippen molar-refractivity contribution < 1.29 is 0 Å². The van der Waals surface area contributed by atoms with Crippen molar-refractivity contribution in [2.24, 2.45) is 5.73 Å². The van der Waals surface area contributed by atoms with Gasteiger partial charge in [0.05, 0.1) is 0 Å². The summed E-state index contributed by atoms with van der Waals surface area (Å²) >= 11 is 1.77. The van der Waals surface area contributed by atoms with Crippen molar-refractivity contribution in [1.29, 1.82) is 0 Å². The molecule has 3 unspecified atom stereocenters. The van der Waals surface area contributed by atoms with Gasteiger partial charge >= 0.3 is 0 Å². The average Bonchev–Trinajstić information content (AvgIpc) is 2.62. The molecule has 1 aliphatic heterocycles. The zero-order valence-electron chi connectivity index (χ0n) is 7.86. The quantitative estimate of drug-likeness (QED) is 0.715. The number of nitrogens with two attached hydrogens (primary N) is 1. The van der Waals surface area contributed by atoms with Crippen LogP contribution in [0.1, 0.15) is 24.8 Å². The van der Waals surface area contributed by atoms with Crippen LogP contribution in [0.5, 0.6) is 0 Å². The highest BCUT2D eigenvalue weighted by Crippen LogP contribution is 2.26. The minimum Gasteiger partial charge on any atom is -0.326 e. The molecule has 1 aliphatic rings. The number of rotatable bonds is 1. The van der Waals surface area contributed by atoms with Crippen LogP contribution in [-0.4, -0.2) is 18.6 Å². The molecule has 1 aromatic rings. The molecule has 1 saturated heterocycles. The Morgan fingerprint density at radius 1 is 1.62 bits per heavy atom. The monoisotopic (exact) mass is 196 g/mol. The molecule has 0 aromatic carbocycles. The van der Waals surface area contributed by atoms with E-state index >= 15 is 0 Å². The fourth-order valence-electron chi connectivity index (χ4n) is 1.86. The first-order valence-corrected chi connectivity index (χ1v) is 5.72. The van der Waals surface area contributed by atoms with Crippen LogP contribution in [0.3, 0.4) is 0 Å². The summed E-state index contributed by atoms with van der Waals surface area (Å²) < 4.78 is 0. The van der Waals surface area contributed by atoms with E-state index in [-0.39, 0.29) is 0 Å². The van der Waals surface area contributed by atoms with Crippen molar-refractivity contribution in [3.05, 3.63) is 22.4 Å². The van der Waals surface area contributed by atoms with Crippen molar-refractivity contribution in [3.8, 4) is 0 Å². The van der Waals surface area contributed by atoms with Gasteiger partial charge in [-0.15, -0.1) is 0 Å². The highest BCUT2D eigenvalue weighted by molar-refractivity contribution is 7.07. The molecule has 3 N–H and O–H groups in total. The van der Waals surface area contributed by atoms with Crippen molar-refractivity contribution >= 4 is 11.3 Å². The number of hydrogen-bond donors (Lipinski definition) is 2. The van der Waals surface area contributed by atoms with E-state index in [2.05, 4.69) is 29.1 Å². The van der Waals surface area contributed by atoms with E-state index in [1.165, 1.54) is 5.56 Å². The summed E-state index contributed by atoms with van der Waals surface area (Å²) in [7, 11) is 0. The van der Waals surface area contributed by atoms with Gasteiger partial charge in [-0.3, -0.25) is 0 Å². The van der Waals surface area contributed by atoms with Gasteiger partial charge in [0.15, 0.2) is 0 Å². The molecule has 72 valence electrons. The van der Waals surface area contributed by atoms with Crippen LogP contribution < -0.4 is 11.1 Å². The van der Waals surface area contributed by atoms with Crippen molar-refractivity contribution in [2.75, 3.05) is 6.54 Å². The summed E-state index contributed by atoms with van der Waals surface area (Å²) in [5, 5.41) is 7.82. The van der Waals surface area contributed by atoms with E-state index in [9.17, 15) is 0 Å². The second-order valence-corrected chi connectivity index (χ2v) is 4.63. The zero-order valence-corrected chi connectivity index (χ0v) is 8.68. The molecule has 13 heavy (non-hydrogen) atoms.